The van der Waals surface area contributed by atoms with E-state index < -0.39 is 48.9 Å². The molecule has 0 bridgehead atoms. The Morgan fingerprint density at radius 1 is 0.867 bits per heavy atom. The lowest BCUT2D eigenvalue weighted by Gasteiger charge is -2.39. The number of carbonyl (C=O) groups is 2. The molecule has 1 aliphatic heterocycles. The highest BCUT2D eigenvalue weighted by Gasteiger charge is 2.45. The van der Waals surface area contributed by atoms with Crippen molar-refractivity contribution in [2.45, 2.75) is 37.3 Å². The fourth-order valence-electron chi connectivity index (χ4n) is 3.70. The molecule has 1 saturated heterocycles. The van der Waals surface area contributed by atoms with Crippen LogP contribution in [0.25, 0.3) is 0 Å². The van der Waals surface area contributed by atoms with Crippen LogP contribution in [0.15, 0.2) is 36.4 Å². The van der Waals surface area contributed by atoms with E-state index in [1.54, 1.807) is 0 Å². The highest BCUT2D eigenvalue weighted by molar-refractivity contribution is 6.29. The molecule has 4 rings (SSSR count). The lowest BCUT2D eigenvalue weighted by molar-refractivity contribution is -0.277. The van der Waals surface area contributed by atoms with Crippen molar-refractivity contribution < 1.29 is 44.6 Å². The van der Waals surface area contributed by atoms with Gasteiger partial charge in [0.2, 0.25) is 6.29 Å². The first-order chi connectivity index (χ1) is 14.4. The van der Waals surface area contributed by atoms with Gasteiger partial charge in [-0.2, -0.15) is 0 Å². The van der Waals surface area contributed by atoms with Gasteiger partial charge in [-0.1, -0.05) is 18.2 Å². The Balaban J connectivity index is 1.71. The molecule has 0 amide bonds. The third-order valence-electron chi connectivity index (χ3n) is 5.35. The summed E-state index contributed by atoms with van der Waals surface area (Å²) < 4.78 is 11.0. The molecule has 0 aromatic heterocycles. The van der Waals surface area contributed by atoms with E-state index in [0.29, 0.717) is 5.56 Å². The molecule has 2 aromatic carbocycles. The summed E-state index contributed by atoms with van der Waals surface area (Å²) >= 11 is 0. The van der Waals surface area contributed by atoms with E-state index in [4.69, 9.17) is 9.47 Å². The van der Waals surface area contributed by atoms with Crippen molar-refractivity contribution in [3.8, 4) is 5.75 Å². The van der Waals surface area contributed by atoms with Crippen molar-refractivity contribution in [1.29, 1.82) is 0 Å². The van der Waals surface area contributed by atoms with Gasteiger partial charge in [0, 0.05) is 16.7 Å². The zero-order chi connectivity index (χ0) is 21.6. The SMILES string of the molecule is O=C1c2cc(CO)ccc2C(=O)c2c(O[C@@H]3O[C@H](CO)[C@@H](O)[C@H](O)[C@@H]3O)cccc21. The number of carbonyl (C=O) groups excluding carboxylic acids is 2. The van der Waals surface area contributed by atoms with Gasteiger partial charge in [0.25, 0.3) is 0 Å². The van der Waals surface area contributed by atoms with Gasteiger partial charge < -0.3 is 35.0 Å². The van der Waals surface area contributed by atoms with E-state index in [0.717, 1.165) is 0 Å². The zero-order valence-corrected chi connectivity index (χ0v) is 15.6. The maximum Gasteiger partial charge on any atom is 0.229 e. The summed E-state index contributed by atoms with van der Waals surface area (Å²) in [4.78, 5) is 26.1. The maximum absolute atomic E-state index is 13.1. The van der Waals surface area contributed by atoms with Crippen molar-refractivity contribution >= 4 is 11.6 Å². The number of ether oxygens (including phenoxy) is 2. The average Bonchev–Trinajstić information content (AvgIpc) is 2.77. The smallest absolute Gasteiger partial charge is 0.229 e. The molecule has 30 heavy (non-hydrogen) atoms. The molecule has 0 unspecified atom stereocenters. The number of fused-ring (bicyclic) bond motifs is 2. The van der Waals surface area contributed by atoms with Crippen LogP contribution in [0.2, 0.25) is 0 Å². The minimum absolute atomic E-state index is 0.0243. The number of aliphatic hydroxyl groups is 5. The zero-order valence-electron chi connectivity index (χ0n) is 15.6. The van der Waals surface area contributed by atoms with Gasteiger partial charge >= 0.3 is 0 Å². The third-order valence-corrected chi connectivity index (χ3v) is 5.35. The molecule has 2 aliphatic rings. The summed E-state index contributed by atoms with van der Waals surface area (Å²) in [5, 5.41) is 48.7. The molecular formula is C21H20O9. The van der Waals surface area contributed by atoms with E-state index in [1.165, 1.54) is 36.4 Å². The quantitative estimate of drug-likeness (QED) is 0.365. The summed E-state index contributed by atoms with van der Waals surface area (Å²) in [6.45, 7) is -0.905. The standard InChI is InChI=1S/C21H20O9/c22-7-9-4-5-10-12(6-9)16(24)11-2-1-3-13(15(11)17(10)25)29-21-20(28)19(27)18(26)14(8-23)30-21/h1-6,14,18-23,26-28H,7-8H2/t14-,18-,19+,20+,21-/m1/s1. The summed E-state index contributed by atoms with van der Waals surface area (Å²) in [5.41, 5.74) is 0.874. The largest absolute Gasteiger partial charge is 0.461 e. The Morgan fingerprint density at radius 3 is 2.33 bits per heavy atom. The van der Waals surface area contributed by atoms with Crippen molar-refractivity contribution in [1.82, 2.24) is 0 Å². The molecule has 0 radical (unpaired) electrons. The summed E-state index contributed by atoms with van der Waals surface area (Å²) in [5.74, 6) is -0.953. The molecule has 1 heterocycles. The highest BCUT2D eigenvalue weighted by Crippen LogP contribution is 2.35. The maximum atomic E-state index is 13.1. The average molecular weight is 416 g/mol. The van der Waals surface area contributed by atoms with Crippen LogP contribution in [0.3, 0.4) is 0 Å². The number of benzene rings is 2. The first-order valence-corrected chi connectivity index (χ1v) is 9.30. The molecule has 9 heteroatoms. The van der Waals surface area contributed by atoms with Gasteiger partial charge in [0.1, 0.15) is 30.2 Å². The summed E-state index contributed by atoms with van der Waals surface area (Å²) in [6, 6.07) is 8.82. The van der Waals surface area contributed by atoms with E-state index in [2.05, 4.69) is 0 Å². The summed E-state index contributed by atoms with van der Waals surface area (Å²) in [7, 11) is 0. The van der Waals surface area contributed by atoms with E-state index in [1.807, 2.05) is 0 Å². The van der Waals surface area contributed by atoms with Gasteiger partial charge in [0.05, 0.1) is 18.8 Å². The Kier molecular flexibility index (Phi) is 5.41. The summed E-state index contributed by atoms with van der Waals surface area (Å²) in [6.07, 6.45) is -7.52. The molecule has 0 spiro atoms. The van der Waals surface area contributed by atoms with Crippen LogP contribution in [0, 0.1) is 0 Å². The molecule has 5 N–H and O–H groups in total. The van der Waals surface area contributed by atoms with Crippen molar-refractivity contribution in [3.05, 3.63) is 64.2 Å². The fourth-order valence-corrected chi connectivity index (χ4v) is 3.70. The van der Waals surface area contributed by atoms with Crippen LogP contribution in [-0.2, 0) is 11.3 Å². The molecule has 1 aliphatic carbocycles. The number of hydrogen-bond acceptors (Lipinski definition) is 9. The number of rotatable bonds is 4. The van der Waals surface area contributed by atoms with Crippen LogP contribution in [-0.4, -0.2) is 74.4 Å². The second kappa shape index (κ2) is 7.88. The predicted octanol–water partition coefficient (Wildman–Crippen LogP) is -0.867. The molecular weight excluding hydrogens is 396 g/mol. The van der Waals surface area contributed by atoms with Crippen LogP contribution >= 0.6 is 0 Å². The Hall–Kier alpha value is -2.66. The Labute approximate surface area is 170 Å². The normalized spacial score (nSPS) is 28.1. The van der Waals surface area contributed by atoms with E-state index >= 15 is 0 Å². The predicted molar refractivity (Wildman–Crippen MR) is 100 cm³/mol. The first kappa shape index (κ1) is 20.6. The Bertz CT molecular complexity index is 1000. The Morgan fingerprint density at radius 2 is 1.63 bits per heavy atom. The second-order valence-corrected chi connectivity index (χ2v) is 7.19. The topological polar surface area (TPSA) is 154 Å². The molecule has 1 fully saturated rings. The van der Waals surface area contributed by atoms with Crippen LogP contribution in [0.4, 0.5) is 0 Å². The number of ketones is 2. The first-order valence-electron chi connectivity index (χ1n) is 9.30. The molecule has 0 saturated carbocycles. The minimum Gasteiger partial charge on any atom is -0.461 e. The van der Waals surface area contributed by atoms with Gasteiger partial charge in [-0.05, 0) is 23.8 Å². The number of aliphatic hydroxyl groups excluding tert-OH is 5. The van der Waals surface area contributed by atoms with Crippen molar-refractivity contribution in [2.24, 2.45) is 0 Å². The van der Waals surface area contributed by atoms with Gasteiger partial charge in [0.15, 0.2) is 11.6 Å². The second-order valence-electron chi connectivity index (χ2n) is 7.19. The number of hydrogen-bond donors (Lipinski definition) is 5. The fraction of sp³-hybridized carbons (Fsp3) is 0.333. The van der Waals surface area contributed by atoms with Gasteiger partial charge in [-0.3, -0.25) is 9.59 Å². The van der Waals surface area contributed by atoms with E-state index in [-0.39, 0.29) is 34.6 Å². The minimum atomic E-state index is -1.66. The molecule has 5 atom stereocenters. The molecule has 158 valence electrons. The van der Waals surface area contributed by atoms with Crippen molar-refractivity contribution in [3.63, 3.8) is 0 Å². The van der Waals surface area contributed by atoms with Gasteiger partial charge in [-0.15, -0.1) is 0 Å². The van der Waals surface area contributed by atoms with Crippen LogP contribution in [0.5, 0.6) is 5.75 Å². The highest BCUT2D eigenvalue weighted by atomic mass is 16.7. The monoisotopic (exact) mass is 416 g/mol. The lowest BCUT2D eigenvalue weighted by atomic mass is 9.83. The lowest BCUT2D eigenvalue weighted by Crippen LogP contribution is -2.60. The molecule has 2 aromatic rings. The van der Waals surface area contributed by atoms with Crippen LogP contribution < -0.4 is 4.74 Å². The third kappa shape index (κ3) is 3.21. The van der Waals surface area contributed by atoms with Crippen LogP contribution in [0.1, 0.15) is 37.4 Å². The van der Waals surface area contributed by atoms with E-state index in [9.17, 15) is 35.1 Å². The van der Waals surface area contributed by atoms with Gasteiger partial charge in [-0.25, -0.2) is 0 Å². The van der Waals surface area contributed by atoms with Crippen molar-refractivity contribution in [2.75, 3.05) is 6.61 Å². The molecule has 9 nitrogen and oxygen atoms in total.